The van der Waals surface area contributed by atoms with E-state index < -0.39 is 0 Å². The predicted molar refractivity (Wildman–Crippen MR) is 54.8 cm³/mol. The Morgan fingerprint density at radius 1 is 1.43 bits per heavy atom. The molecular weight excluding hydrogens is 176 g/mol. The van der Waals surface area contributed by atoms with E-state index in [0.29, 0.717) is 0 Å². The summed E-state index contributed by atoms with van der Waals surface area (Å²) in [4.78, 5) is 10.8. The minimum atomic E-state index is -0.138. The van der Waals surface area contributed by atoms with Gasteiger partial charge in [0.15, 0.2) is 0 Å². The maximum absolute atomic E-state index is 10.8. The zero-order chi connectivity index (χ0) is 9.97. The third-order valence-corrected chi connectivity index (χ3v) is 3.36. The van der Waals surface area contributed by atoms with Crippen LogP contribution in [0.5, 0.6) is 0 Å². The maximum Gasteiger partial charge on any atom is 0.302 e. The van der Waals surface area contributed by atoms with Gasteiger partial charge in [0.25, 0.3) is 0 Å². The molecule has 2 rings (SSSR count). The van der Waals surface area contributed by atoms with Gasteiger partial charge in [0.05, 0.1) is 0 Å². The zero-order valence-electron chi connectivity index (χ0n) is 8.79. The number of allylic oxidation sites excluding steroid dienone is 1. The monoisotopic (exact) mass is 194 g/mol. The van der Waals surface area contributed by atoms with E-state index in [1.807, 2.05) is 0 Å². The van der Waals surface area contributed by atoms with Gasteiger partial charge in [-0.25, -0.2) is 0 Å². The van der Waals surface area contributed by atoms with Gasteiger partial charge in [-0.2, -0.15) is 0 Å². The van der Waals surface area contributed by atoms with E-state index in [2.05, 4.69) is 6.08 Å². The van der Waals surface area contributed by atoms with Gasteiger partial charge in [-0.3, -0.25) is 4.79 Å². The summed E-state index contributed by atoms with van der Waals surface area (Å²) in [5.74, 6) is 0.663. The fourth-order valence-corrected chi connectivity index (χ4v) is 2.67. The normalized spacial score (nSPS) is 31.6. The lowest BCUT2D eigenvalue weighted by atomic mass is 9.99. The van der Waals surface area contributed by atoms with Crippen LogP contribution in [-0.2, 0) is 9.53 Å². The Morgan fingerprint density at radius 3 is 3.07 bits per heavy atom. The topological polar surface area (TPSA) is 26.3 Å². The Hall–Kier alpha value is -0.790. The molecular formula is C12H18O2. The molecule has 78 valence electrons. The second kappa shape index (κ2) is 4.16. The highest BCUT2D eigenvalue weighted by Crippen LogP contribution is 2.37. The quantitative estimate of drug-likeness (QED) is 0.474. The molecule has 2 aliphatic rings. The predicted octanol–water partition coefficient (Wildman–Crippen LogP) is 2.83. The van der Waals surface area contributed by atoms with E-state index in [0.717, 1.165) is 18.8 Å². The molecule has 2 unspecified atom stereocenters. The maximum atomic E-state index is 10.8. The fraction of sp³-hybridized carbons (Fsp3) is 0.750. The Balaban J connectivity index is 1.95. The standard InChI is InChI=1S/C12H18O2/c1-9(13)14-12-7-5-10-3-2-4-11(10)6-8-12/h5,11-12H,2-4,6-8H2,1H3. The van der Waals surface area contributed by atoms with Crippen LogP contribution in [0.4, 0.5) is 0 Å². The Labute approximate surface area is 85.3 Å². The summed E-state index contributed by atoms with van der Waals surface area (Å²) in [5.41, 5.74) is 1.62. The lowest BCUT2D eigenvalue weighted by molar-refractivity contribution is -0.146. The SMILES string of the molecule is CC(=O)OC1CC=C2CCCC2CC1. The van der Waals surface area contributed by atoms with Crippen molar-refractivity contribution in [2.75, 3.05) is 0 Å². The third-order valence-electron chi connectivity index (χ3n) is 3.36. The second-order valence-electron chi connectivity index (χ2n) is 4.41. The Kier molecular flexibility index (Phi) is 2.90. The Bertz CT molecular complexity index is 255. The minimum Gasteiger partial charge on any atom is -0.462 e. The first-order chi connectivity index (χ1) is 6.75. The van der Waals surface area contributed by atoms with Crippen LogP contribution >= 0.6 is 0 Å². The molecule has 0 aliphatic heterocycles. The van der Waals surface area contributed by atoms with Crippen LogP contribution in [0, 0.1) is 5.92 Å². The zero-order valence-corrected chi connectivity index (χ0v) is 8.79. The molecule has 0 heterocycles. The number of carbonyl (C=O) groups excluding carboxylic acids is 1. The summed E-state index contributed by atoms with van der Waals surface area (Å²) in [6.45, 7) is 1.50. The van der Waals surface area contributed by atoms with Crippen molar-refractivity contribution in [2.24, 2.45) is 5.92 Å². The van der Waals surface area contributed by atoms with Gasteiger partial charge in [-0.1, -0.05) is 11.6 Å². The molecule has 14 heavy (non-hydrogen) atoms. The number of esters is 1. The van der Waals surface area contributed by atoms with E-state index in [-0.39, 0.29) is 12.1 Å². The van der Waals surface area contributed by atoms with Crippen LogP contribution in [0.15, 0.2) is 11.6 Å². The third kappa shape index (κ3) is 2.17. The van der Waals surface area contributed by atoms with Crippen molar-refractivity contribution >= 4 is 5.97 Å². The van der Waals surface area contributed by atoms with Gasteiger partial charge in [0, 0.05) is 13.3 Å². The van der Waals surface area contributed by atoms with Crippen molar-refractivity contribution in [3.63, 3.8) is 0 Å². The molecule has 0 radical (unpaired) electrons. The smallest absolute Gasteiger partial charge is 0.302 e. The van der Waals surface area contributed by atoms with Gasteiger partial charge in [0.1, 0.15) is 6.10 Å². The van der Waals surface area contributed by atoms with Gasteiger partial charge in [-0.15, -0.1) is 0 Å². The molecule has 2 nitrogen and oxygen atoms in total. The average Bonchev–Trinajstić information content (AvgIpc) is 2.50. The first-order valence-electron chi connectivity index (χ1n) is 5.62. The number of carbonyl (C=O) groups is 1. The van der Waals surface area contributed by atoms with Crippen molar-refractivity contribution in [3.05, 3.63) is 11.6 Å². The van der Waals surface area contributed by atoms with E-state index in [1.54, 1.807) is 5.57 Å². The molecule has 0 amide bonds. The number of rotatable bonds is 1. The number of fused-ring (bicyclic) bond motifs is 1. The van der Waals surface area contributed by atoms with Crippen LogP contribution in [-0.4, -0.2) is 12.1 Å². The summed E-state index contributed by atoms with van der Waals surface area (Å²) in [5, 5.41) is 0. The minimum absolute atomic E-state index is 0.138. The molecule has 0 N–H and O–H groups in total. The van der Waals surface area contributed by atoms with Crippen molar-refractivity contribution in [3.8, 4) is 0 Å². The summed E-state index contributed by atoms with van der Waals surface area (Å²) in [6.07, 6.45) is 9.63. The summed E-state index contributed by atoms with van der Waals surface area (Å²) in [7, 11) is 0. The second-order valence-corrected chi connectivity index (χ2v) is 4.41. The summed E-state index contributed by atoms with van der Waals surface area (Å²) in [6, 6.07) is 0. The first-order valence-corrected chi connectivity index (χ1v) is 5.62. The van der Waals surface area contributed by atoms with Gasteiger partial charge < -0.3 is 4.74 Å². The van der Waals surface area contributed by atoms with E-state index in [1.165, 1.54) is 32.6 Å². The van der Waals surface area contributed by atoms with Gasteiger partial charge in [0.2, 0.25) is 0 Å². The van der Waals surface area contributed by atoms with Gasteiger partial charge in [-0.05, 0) is 38.0 Å². The highest BCUT2D eigenvalue weighted by Gasteiger charge is 2.25. The number of ether oxygens (including phenoxy) is 1. The summed E-state index contributed by atoms with van der Waals surface area (Å²) < 4.78 is 5.25. The van der Waals surface area contributed by atoms with E-state index in [9.17, 15) is 4.79 Å². The molecule has 2 heteroatoms. The largest absolute Gasteiger partial charge is 0.462 e. The van der Waals surface area contributed by atoms with Crippen molar-refractivity contribution in [1.29, 1.82) is 0 Å². The molecule has 0 bridgehead atoms. The van der Waals surface area contributed by atoms with Crippen LogP contribution < -0.4 is 0 Å². The first kappa shape index (κ1) is 9.75. The molecule has 1 fully saturated rings. The van der Waals surface area contributed by atoms with Crippen molar-refractivity contribution < 1.29 is 9.53 Å². The molecule has 0 aromatic heterocycles. The molecule has 1 saturated carbocycles. The Morgan fingerprint density at radius 2 is 2.29 bits per heavy atom. The number of hydrogen-bond acceptors (Lipinski definition) is 2. The number of hydrogen-bond donors (Lipinski definition) is 0. The van der Waals surface area contributed by atoms with E-state index >= 15 is 0 Å². The lowest BCUT2D eigenvalue weighted by Crippen LogP contribution is -2.15. The van der Waals surface area contributed by atoms with Crippen LogP contribution in [0.1, 0.15) is 45.4 Å². The van der Waals surface area contributed by atoms with Crippen molar-refractivity contribution in [1.82, 2.24) is 0 Å². The van der Waals surface area contributed by atoms with E-state index in [4.69, 9.17) is 4.74 Å². The van der Waals surface area contributed by atoms with Crippen molar-refractivity contribution in [2.45, 2.75) is 51.6 Å². The molecule has 0 aromatic rings. The average molecular weight is 194 g/mol. The van der Waals surface area contributed by atoms with Crippen LogP contribution in [0.2, 0.25) is 0 Å². The van der Waals surface area contributed by atoms with Crippen LogP contribution in [0.3, 0.4) is 0 Å². The molecule has 0 saturated heterocycles. The van der Waals surface area contributed by atoms with Crippen LogP contribution in [0.25, 0.3) is 0 Å². The molecule has 2 atom stereocenters. The molecule has 0 aromatic carbocycles. The summed E-state index contributed by atoms with van der Waals surface area (Å²) >= 11 is 0. The molecule has 2 aliphatic carbocycles. The fourth-order valence-electron chi connectivity index (χ4n) is 2.67. The molecule has 0 spiro atoms. The van der Waals surface area contributed by atoms with Gasteiger partial charge >= 0.3 is 5.97 Å². The highest BCUT2D eigenvalue weighted by molar-refractivity contribution is 5.66. The lowest BCUT2D eigenvalue weighted by Gasteiger charge is -2.14. The highest BCUT2D eigenvalue weighted by atomic mass is 16.5.